The zero-order chi connectivity index (χ0) is 9.97. The topological polar surface area (TPSA) is 64.4 Å². The van der Waals surface area contributed by atoms with Crippen LogP contribution in [-0.2, 0) is 4.84 Å². The van der Waals surface area contributed by atoms with Gasteiger partial charge in [-0.2, -0.15) is 0 Å². The van der Waals surface area contributed by atoms with Crippen LogP contribution < -0.4 is 5.48 Å². The van der Waals surface area contributed by atoms with Gasteiger partial charge in [-0.15, -0.1) is 0 Å². The molecule has 0 fully saturated rings. The SMILES string of the molecule is O=[N+]([O-])c1ccccc1C1=CCON1. The van der Waals surface area contributed by atoms with Crippen molar-refractivity contribution in [1.82, 2.24) is 5.48 Å². The van der Waals surface area contributed by atoms with Crippen molar-refractivity contribution >= 4 is 11.4 Å². The average Bonchev–Trinajstić information content (AvgIpc) is 2.70. The molecule has 1 heterocycles. The summed E-state index contributed by atoms with van der Waals surface area (Å²) in [5, 5.41) is 10.7. The van der Waals surface area contributed by atoms with E-state index in [2.05, 4.69) is 5.48 Å². The molecule has 0 amide bonds. The van der Waals surface area contributed by atoms with Crippen molar-refractivity contribution < 1.29 is 9.76 Å². The number of nitro benzene ring substituents is 1. The van der Waals surface area contributed by atoms with E-state index >= 15 is 0 Å². The first kappa shape index (κ1) is 8.71. The van der Waals surface area contributed by atoms with Crippen LogP contribution in [0.5, 0.6) is 0 Å². The lowest BCUT2D eigenvalue weighted by molar-refractivity contribution is -0.385. The van der Waals surface area contributed by atoms with Gasteiger partial charge in [0.15, 0.2) is 0 Å². The van der Waals surface area contributed by atoms with Crippen LogP contribution in [0.25, 0.3) is 5.70 Å². The predicted molar refractivity (Wildman–Crippen MR) is 50.2 cm³/mol. The number of hydrogen-bond acceptors (Lipinski definition) is 4. The van der Waals surface area contributed by atoms with Crippen molar-refractivity contribution in [3.05, 3.63) is 46.0 Å². The summed E-state index contributed by atoms with van der Waals surface area (Å²) in [5.74, 6) is 0. The van der Waals surface area contributed by atoms with Crippen LogP contribution in [0.2, 0.25) is 0 Å². The molecular weight excluding hydrogens is 184 g/mol. The Morgan fingerprint density at radius 3 is 2.86 bits per heavy atom. The summed E-state index contributed by atoms with van der Waals surface area (Å²) in [6.45, 7) is 0.432. The van der Waals surface area contributed by atoms with E-state index < -0.39 is 4.92 Å². The smallest absolute Gasteiger partial charge is 0.272 e. The van der Waals surface area contributed by atoms with Gasteiger partial charge in [0.2, 0.25) is 0 Å². The third-order valence-electron chi connectivity index (χ3n) is 1.94. The Kier molecular flexibility index (Phi) is 2.16. The maximum Gasteiger partial charge on any atom is 0.278 e. The van der Waals surface area contributed by atoms with Crippen molar-refractivity contribution in [1.29, 1.82) is 0 Å². The van der Waals surface area contributed by atoms with Gasteiger partial charge in [0, 0.05) is 6.07 Å². The molecule has 72 valence electrons. The standard InChI is InChI=1S/C9H8N2O3/c12-11(13)9-4-2-1-3-7(9)8-5-6-14-10-8/h1-5,10H,6H2. The number of benzene rings is 1. The van der Waals surface area contributed by atoms with Crippen molar-refractivity contribution in [2.24, 2.45) is 0 Å². The normalized spacial score (nSPS) is 14.7. The van der Waals surface area contributed by atoms with Crippen LogP contribution in [0.1, 0.15) is 5.56 Å². The second-order valence-corrected chi connectivity index (χ2v) is 2.81. The van der Waals surface area contributed by atoms with E-state index in [0.717, 1.165) is 0 Å². The molecule has 0 unspecified atom stereocenters. The number of nitrogens with zero attached hydrogens (tertiary/aromatic N) is 1. The van der Waals surface area contributed by atoms with E-state index in [1.807, 2.05) is 0 Å². The molecule has 1 aliphatic heterocycles. The summed E-state index contributed by atoms with van der Waals surface area (Å²) < 4.78 is 0. The highest BCUT2D eigenvalue weighted by Gasteiger charge is 2.17. The minimum absolute atomic E-state index is 0.0803. The largest absolute Gasteiger partial charge is 0.278 e. The molecule has 5 heteroatoms. The van der Waals surface area contributed by atoms with Gasteiger partial charge in [-0.1, -0.05) is 12.1 Å². The van der Waals surface area contributed by atoms with E-state index in [4.69, 9.17) is 4.84 Å². The third kappa shape index (κ3) is 1.45. The zero-order valence-corrected chi connectivity index (χ0v) is 7.27. The Labute approximate surface area is 80.1 Å². The highest BCUT2D eigenvalue weighted by Crippen LogP contribution is 2.25. The van der Waals surface area contributed by atoms with Crippen molar-refractivity contribution in [2.75, 3.05) is 6.61 Å². The Bertz CT molecular complexity index is 401. The molecule has 0 bridgehead atoms. The number of rotatable bonds is 2. The zero-order valence-electron chi connectivity index (χ0n) is 7.27. The van der Waals surface area contributed by atoms with Crippen LogP contribution in [0.4, 0.5) is 5.69 Å². The van der Waals surface area contributed by atoms with Crippen molar-refractivity contribution in [2.45, 2.75) is 0 Å². The van der Waals surface area contributed by atoms with E-state index in [-0.39, 0.29) is 5.69 Å². The molecule has 5 nitrogen and oxygen atoms in total. The van der Waals surface area contributed by atoms with Crippen LogP contribution in [0.15, 0.2) is 30.3 Å². The molecule has 0 aromatic heterocycles. The van der Waals surface area contributed by atoms with Gasteiger partial charge in [0.1, 0.15) is 0 Å². The average molecular weight is 192 g/mol. The molecule has 1 N–H and O–H groups in total. The van der Waals surface area contributed by atoms with Crippen molar-refractivity contribution in [3.8, 4) is 0 Å². The Balaban J connectivity index is 2.46. The summed E-state index contributed by atoms with van der Waals surface area (Å²) in [6.07, 6.45) is 1.77. The van der Waals surface area contributed by atoms with E-state index in [1.54, 1.807) is 24.3 Å². The van der Waals surface area contributed by atoms with Crippen molar-refractivity contribution in [3.63, 3.8) is 0 Å². The summed E-state index contributed by atoms with van der Waals surface area (Å²) >= 11 is 0. The van der Waals surface area contributed by atoms with Gasteiger partial charge in [-0.25, -0.2) is 0 Å². The minimum Gasteiger partial charge on any atom is -0.272 e. The van der Waals surface area contributed by atoms with E-state index in [1.165, 1.54) is 6.07 Å². The monoisotopic (exact) mass is 192 g/mol. The molecule has 0 atom stereocenters. The highest BCUT2D eigenvalue weighted by molar-refractivity contribution is 5.71. The van der Waals surface area contributed by atoms with Gasteiger partial charge in [-0.05, 0) is 12.1 Å². The second-order valence-electron chi connectivity index (χ2n) is 2.81. The summed E-state index contributed by atoms with van der Waals surface area (Å²) in [4.78, 5) is 15.2. The highest BCUT2D eigenvalue weighted by atomic mass is 16.6. The quantitative estimate of drug-likeness (QED) is 0.569. The minimum atomic E-state index is -0.407. The molecular formula is C9H8N2O3. The number of hydrogen-bond donors (Lipinski definition) is 1. The van der Waals surface area contributed by atoms with E-state index in [0.29, 0.717) is 17.9 Å². The molecule has 0 saturated carbocycles. The lowest BCUT2D eigenvalue weighted by Crippen LogP contribution is -2.06. The summed E-state index contributed by atoms with van der Waals surface area (Å²) in [6, 6.07) is 6.54. The molecule has 1 aromatic carbocycles. The molecule has 2 rings (SSSR count). The van der Waals surface area contributed by atoms with Crippen LogP contribution in [0, 0.1) is 10.1 Å². The van der Waals surface area contributed by atoms with Gasteiger partial charge >= 0.3 is 0 Å². The maximum absolute atomic E-state index is 10.7. The number of para-hydroxylation sites is 1. The number of hydroxylamine groups is 1. The van der Waals surface area contributed by atoms with Gasteiger partial charge in [0.25, 0.3) is 5.69 Å². The van der Waals surface area contributed by atoms with Crippen LogP contribution in [0.3, 0.4) is 0 Å². The molecule has 0 saturated heterocycles. The van der Waals surface area contributed by atoms with Gasteiger partial charge in [-0.3, -0.25) is 20.4 Å². The van der Waals surface area contributed by atoms with Crippen LogP contribution in [-0.4, -0.2) is 11.5 Å². The molecule has 0 spiro atoms. The third-order valence-corrected chi connectivity index (χ3v) is 1.94. The summed E-state index contributed by atoms with van der Waals surface area (Å²) in [5.41, 5.74) is 3.91. The Morgan fingerprint density at radius 2 is 2.21 bits per heavy atom. The Hall–Kier alpha value is -1.88. The fourth-order valence-electron chi connectivity index (χ4n) is 1.31. The first-order chi connectivity index (χ1) is 6.79. The Morgan fingerprint density at radius 1 is 1.43 bits per heavy atom. The van der Waals surface area contributed by atoms with E-state index in [9.17, 15) is 10.1 Å². The molecule has 0 radical (unpaired) electrons. The first-order valence-corrected chi connectivity index (χ1v) is 4.11. The maximum atomic E-state index is 10.7. The fourth-order valence-corrected chi connectivity index (χ4v) is 1.31. The van der Waals surface area contributed by atoms with Gasteiger partial charge in [0.05, 0.1) is 22.8 Å². The second kappa shape index (κ2) is 3.47. The number of nitrogens with one attached hydrogen (secondary N) is 1. The first-order valence-electron chi connectivity index (χ1n) is 4.11. The van der Waals surface area contributed by atoms with Crippen LogP contribution >= 0.6 is 0 Å². The summed E-state index contributed by atoms with van der Waals surface area (Å²) in [7, 11) is 0. The predicted octanol–water partition coefficient (Wildman–Crippen LogP) is 1.47. The fraction of sp³-hybridized carbons (Fsp3) is 0.111. The molecule has 0 aliphatic carbocycles. The van der Waals surface area contributed by atoms with Gasteiger partial charge < -0.3 is 0 Å². The number of nitro groups is 1. The lowest BCUT2D eigenvalue weighted by atomic mass is 10.1. The molecule has 1 aliphatic rings. The molecule has 1 aromatic rings. The lowest BCUT2D eigenvalue weighted by Gasteiger charge is -2.03. The molecule has 14 heavy (non-hydrogen) atoms.